The molecule has 1 aromatic carbocycles. The number of rotatable bonds is 10. The number of halogens is 4. The highest BCUT2D eigenvalue weighted by molar-refractivity contribution is 14.0. The van der Waals surface area contributed by atoms with Gasteiger partial charge in [-0.3, -0.25) is 0 Å². The molecule has 1 aromatic rings. The van der Waals surface area contributed by atoms with Gasteiger partial charge in [-0.15, -0.1) is 24.0 Å². The van der Waals surface area contributed by atoms with Crippen molar-refractivity contribution in [1.82, 2.24) is 10.6 Å². The minimum atomic E-state index is -4.38. The Kier molecular flexibility index (Phi) is 12.4. The molecule has 0 amide bonds. The molecule has 1 aliphatic heterocycles. The third-order valence-corrected chi connectivity index (χ3v) is 4.23. The van der Waals surface area contributed by atoms with Crippen LogP contribution in [-0.2, 0) is 16.0 Å². The van der Waals surface area contributed by atoms with Gasteiger partial charge in [0.2, 0.25) is 0 Å². The fourth-order valence-electron chi connectivity index (χ4n) is 2.82. The minimum Gasteiger partial charge on any atom is -0.484 e. The molecule has 1 atom stereocenters. The highest BCUT2D eigenvalue weighted by Crippen LogP contribution is 2.24. The van der Waals surface area contributed by atoms with E-state index in [2.05, 4.69) is 15.6 Å². The number of aliphatic imine (C=N–C) groups is 1. The molecule has 1 aliphatic rings. The van der Waals surface area contributed by atoms with Crippen LogP contribution in [0.15, 0.2) is 23.2 Å². The van der Waals surface area contributed by atoms with Gasteiger partial charge in [0.15, 0.2) is 12.6 Å². The first-order valence-corrected chi connectivity index (χ1v) is 9.88. The molecule has 0 aliphatic carbocycles. The summed E-state index contributed by atoms with van der Waals surface area (Å²) in [5.74, 6) is 0.761. The van der Waals surface area contributed by atoms with E-state index in [-0.39, 0.29) is 42.4 Å². The molecule has 0 bridgehead atoms. The predicted molar refractivity (Wildman–Crippen MR) is 121 cm³/mol. The molecule has 30 heavy (non-hydrogen) atoms. The van der Waals surface area contributed by atoms with Crippen LogP contribution in [0.5, 0.6) is 5.75 Å². The molecule has 0 aromatic heterocycles. The average Bonchev–Trinajstić information content (AvgIpc) is 3.18. The maximum absolute atomic E-state index is 12.5. The lowest BCUT2D eigenvalue weighted by Gasteiger charge is -2.15. The van der Waals surface area contributed by atoms with Crippen LogP contribution in [-0.4, -0.2) is 57.8 Å². The SMILES string of the molecule is CCNC(=NCc1ccc(C)cc1OCC(F)(F)F)NCCOCC1CCCO1.I. The topological polar surface area (TPSA) is 64.1 Å². The Hall–Kier alpha value is -1.27. The number of benzene rings is 1. The van der Waals surface area contributed by atoms with Crippen LogP contribution in [0.2, 0.25) is 0 Å². The second kappa shape index (κ2) is 13.9. The van der Waals surface area contributed by atoms with Gasteiger partial charge >= 0.3 is 6.18 Å². The standard InChI is InChI=1S/C20H30F3N3O3.HI/c1-3-24-19(25-8-10-27-13-17-5-4-9-28-17)26-12-16-7-6-15(2)11-18(16)29-14-20(21,22)23;/h6-7,11,17H,3-5,8-10,12-14H2,1-2H3,(H2,24,25,26);1H. The number of guanidine groups is 1. The zero-order chi connectivity index (χ0) is 21.1. The lowest BCUT2D eigenvalue weighted by molar-refractivity contribution is -0.153. The highest BCUT2D eigenvalue weighted by atomic mass is 127. The normalized spacial score (nSPS) is 16.8. The zero-order valence-corrected chi connectivity index (χ0v) is 19.7. The molecule has 0 spiro atoms. The van der Waals surface area contributed by atoms with Crippen LogP contribution >= 0.6 is 24.0 Å². The Morgan fingerprint density at radius 1 is 1.30 bits per heavy atom. The lowest BCUT2D eigenvalue weighted by atomic mass is 10.1. The van der Waals surface area contributed by atoms with E-state index in [4.69, 9.17) is 14.2 Å². The van der Waals surface area contributed by atoms with E-state index in [0.717, 1.165) is 25.0 Å². The Bertz CT molecular complexity index is 654. The third-order valence-electron chi connectivity index (χ3n) is 4.23. The fraction of sp³-hybridized carbons (Fsp3) is 0.650. The third kappa shape index (κ3) is 10.7. The molecular formula is C20H31F3IN3O3. The largest absolute Gasteiger partial charge is 0.484 e. The van der Waals surface area contributed by atoms with E-state index in [0.29, 0.717) is 37.8 Å². The number of aryl methyl sites for hydroxylation is 1. The maximum atomic E-state index is 12.5. The van der Waals surface area contributed by atoms with Gasteiger partial charge in [-0.2, -0.15) is 13.2 Å². The van der Waals surface area contributed by atoms with Crippen molar-refractivity contribution in [2.24, 2.45) is 4.99 Å². The van der Waals surface area contributed by atoms with Crippen LogP contribution in [0.1, 0.15) is 30.9 Å². The van der Waals surface area contributed by atoms with E-state index >= 15 is 0 Å². The Morgan fingerprint density at radius 3 is 2.77 bits per heavy atom. The zero-order valence-electron chi connectivity index (χ0n) is 17.4. The van der Waals surface area contributed by atoms with Crippen LogP contribution in [0.4, 0.5) is 13.2 Å². The molecule has 10 heteroatoms. The maximum Gasteiger partial charge on any atom is 0.422 e. The van der Waals surface area contributed by atoms with Crippen LogP contribution in [0, 0.1) is 6.92 Å². The van der Waals surface area contributed by atoms with Crippen molar-refractivity contribution in [1.29, 1.82) is 0 Å². The summed E-state index contributed by atoms with van der Waals surface area (Å²) < 4.78 is 53.6. The molecule has 2 N–H and O–H groups in total. The summed E-state index contributed by atoms with van der Waals surface area (Å²) >= 11 is 0. The van der Waals surface area contributed by atoms with Gasteiger partial charge < -0.3 is 24.8 Å². The van der Waals surface area contributed by atoms with E-state index in [9.17, 15) is 13.2 Å². The quantitative estimate of drug-likeness (QED) is 0.203. The van der Waals surface area contributed by atoms with Gasteiger partial charge in [0, 0.05) is 25.3 Å². The average molecular weight is 545 g/mol. The molecule has 1 saturated heterocycles. The summed E-state index contributed by atoms with van der Waals surface area (Å²) in [6.45, 7) is 5.72. The van der Waals surface area contributed by atoms with Gasteiger partial charge in [-0.25, -0.2) is 4.99 Å². The van der Waals surface area contributed by atoms with Crippen molar-refractivity contribution in [3.63, 3.8) is 0 Å². The van der Waals surface area contributed by atoms with Gasteiger partial charge in [-0.1, -0.05) is 12.1 Å². The second-order valence-electron chi connectivity index (χ2n) is 6.85. The molecule has 0 radical (unpaired) electrons. The smallest absolute Gasteiger partial charge is 0.422 e. The predicted octanol–water partition coefficient (Wildman–Crippen LogP) is 3.80. The molecular weight excluding hydrogens is 514 g/mol. The first-order valence-electron chi connectivity index (χ1n) is 9.88. The monoisotopic (exact) mass is 545 g/mol. The van der Waals surface area contributed by atoms with Gasteiger partial charge in [0.05, 0.1) is 25.9 Å². The van der Waals surface area contributed by atoms with E-state index < -0.39 is 12.8 Å². The summed E-state index contributed by atoms with van der Waals surface area (Å²) in [6, 6.07) is 5.15. The fourth-order valence-corrected chi connectivity index (χ4v) is 2.82. The molecule has 6 nitrogen and oxygen atoms in total. The second-order valence-corrected chi connectivity index (χ2v) is 6.85. The number of alkyl halides is 3. The summed E-state index contributed by atoms with van der Waals surface area (Å²) in [5.41, 5.74) is 1.41. The summed E-state index contributed by atoms with van der Waals surface area (Å²) in [4.78, 5) is 4.45. The number of hydrogen-bond donors (Lipinski definition) is 2. The molecule has 2 rings (SSSR count). The van der Waals surface area contributed by atoms with Crippen molar-refractivity contribution in [2.45, 2.75) is 45.5 Å². The molecule has 1 unspecified atom stereocenters. The van der Waals surface area contributed by atoms with Gasteiger partial charge in [-0.05, 0) is 38.3 Å². The summed E-state index contributed by atoms with van der Waals surface area (Å²) in [5, 5.41) is 6.27. The van der Waals surface area contributed by atoms with Crippen molar-refractivity contribution < 1.29 is 27.4 Å². The van der Waals surface area contributed by atoms with Crippen molar-refractivity contribution in [2.75, 3.05) is 39.5 Å². The van der Waals surface area contributed by atoms with Gasteiger partial charge in [0.1, 0.15) is 5.75 Å². The highest BCUT2D eigenvalue weighted by Gasteiger charge is 2.28. The molecule has 0 saturated carbocycles. The van der Waals surface area contributed by atoms with E-state index in [1.165, 1.54) is 0 Å². The van der Waals surface area contributed by atoms with Crippen LogP contribution in [0.25, 0.3) is 0 Å². The number of hydrogen-bond acceptors (Lipinski definition) is 4. The van der Waals surface area contributed by atoms with E-state index in [1.54, 1.807) is 19.1 Å². The van der Waals surface area contributed by atoms with Crippen molar-refractivity contribution in [3.8, 4) is 5.75 Å². The van der Waals surface area contributed by atoms with Crippen LogP contribution in [0.3, 0.4) is 0 Å². The molecule has 172 valence electrons. The van der Waals surface area contributed by atoms with Crippen molar-refractivity contribution in [3.05, 3.63) is 29.3 Å². The Morgan fingerprint density at radius 2 is 2.10 bits per heavy atom. The summed E-state index contributed by atoms with van der Waals surface area (Å²) in [7, 11) is 0. The molecule has 1 fully saturated rings. The number of nitrogens with zero attached hydrogens (tertiary/aromatic N) is 1. The summed E-state index contributed by atoms with van der Waals surface area (Å²) in [6.07, 6.45) is -2.08. The van der Waals surface area contributed by atoms with E-state index in [1.807, 2.05) is 13.0 Å². The lowest BCUT2D eigenvalue weighted by Crippen LogP contribution is -2.39. The minimum absolute atomic E-state index is 0. The first kappa shape index (κ1) is 26.8. The first-order chi connectivity index (χ1) is 13.9. The van der Waals surface area contributed by atoms with Crippen molar-refractivity contribution >= 4 is 29.9 Å². The van der Waals surface area contributed by atoms with Gasteiger partial charge in [0.25, 0.3) is 0 Å². The number of ether oxygens (including phenoxy) is 3. The Balaban J connectivity index is 0.00000450. The van der Waals surface area contributed by atoms with Crippen LogP contribution < -0.4 is 15.4 Å². The molecule has 1 heterocycles. The number of nitrogens with one attached hydrogen (secondary N) is 2. The Labute approximate surface area is 193 Å².